The van der Waals surface area contributed by atoms with Gasteiger partial charge in [-0.1, -0.05) is 13.8 Å². The Morgan fingerprint density at radius 3 is 2.52 bits per heavy atom. The molecule has 0 radical (unpaired) electrons. The van der Waals surface area contributed by atoms with Gasteiger partial charge in [-0.2, -0.15) is 0 Å². The molecule has 4 bridgehead atoms. The van der Waals surface area contributed by atoms with E-state index >= 15 is 0 Å². The third-order valence-corrected chi connectivity index (χ3v) is 6.81. The van der Waals surface area contributed by atoms with Crippen LogP contribution in [0.4, 0.5) is 5.82 Å². The highest BCUT2D eigenvalue weighted by atomic mass is 127. The zero-order valence-electron chi connectivity index (χ0n) is 12.6. The Morgan fingerprint density at radius 2 is 1.90 bits per heavy atom. The minimum Gasteiger partial charge on any atom is -0.363 e. The van der Waals surface area contributed by atoms with Crippen LogP contribution in [-0.2, 0) is 0 Å². The molecule has 1 aromatic heterocycles. The highest BCUT2D eigenvalue weighted by Gasteiger charge is 2.60. The van der Waals surface area contributed by atoms with Crippen LogP contribution in [0.5, 0.6) is 0 Å². The Hall–Kier alpha value is -0.590. The van der Waals surface area contributed by atoms with Crippen LogP contribution in [0.3, 0.4) is 0 Å². The summed E-state index contributed by atoms with van der Waals surface area (Å²) >= 11 is 2.10. The van der Waals surface area contributed by atoms with Crippen molar-refractivity contribution in [1.82, 2.24) is 9.97 Å². The molecule has 4 fully saturated rings. The molecule has 114 valence electrons. The number of nitrogens with zero attached hydrogens (tertiary/aromatic N) is 1. The van der Waals surface area contributed by atoms with E-state index in [-0.39, 0.29) is 11.1 Å². The molecule has 2 atom stereocenters. The molecule has 2 N–H and O–H groups in total. The third kappa shape index (κ3) is 2.23. The number of anilines is 1. The number of rotatable bonds is 2. The van der Waals surface area contributed by atoms with Crippen LogP contribution < -0.4 is 10.9 Å². The molecule has 0 saturated heterocycles. The molecule has 4 aliphatic rings. The lowest BCUT2D eigenvalue weighted by Crippen LogP contribution is -2.61. The molecular weight excluding hydrogens is 377 g/mol. The topological polar surface area (TPSA) is 57.8 Å². The van der Waals surface area contributed by atoms with Crippen molar-refractivity contribution >= 4 is 28.4 Å². The molecule has 0 aromatic carbocycles. The summed E-state index contributed by atoms with van der Waals surface area (Å²) in [5, 5.41) is 3.71. The maximum atomic E-state index is 11.8. The summed E-state index contributed by atoms with van der Waals surface area (Å²) in [4.78, 5) is 18.8. The van der Waals surface area contributed by atoms with Gasteiger partial charge in [0.05, 0.1) is 6.33 Å². The van der Waals surface area contributed by atoms with E-state index < -0.39 is 0 Å². The molecule has 1 aromatic rings. The standard InChI is InChI=1S/C16H22IN3O/c1-14-3-10-4-15(2,6-14)8-16(5-10,7-14)20-12-11(17)13(21)19-9-18-12/h9-10H,3-8H2,1-2H3,(H2,18,19,20,21). The fraction of sp³-hybridized carbons (Fsp3) is 0.750. The van der Waals surface area contributed by atoms with Crippen LogP contribution in [0.2, 0.25) is 0 Å². The number of nitrogens with one attached hydrogen (secondary N) is 2. The van der Waals surface area contributed by atoms with Gasteiger partial charge < -0.3 is 10.3 Å². The summed E-state index contributed by atoms with van der Waals surface area (Å²) in [5.74, 6) is 1.61. The van der Waals surface area contributed by atoms with Gasteiger partial charge in [0.15, 0.2) is 0 Å². The third-order valence-electron chi connectivity index (χ3n) is 5.81. The number of hydrogen-bond donors (Lipinski definition) is 2. The average Bonchev–Trinajstić information content (AvgIpc) is 2.30. The Morgan fingerprint density at radius 1 is 1.24 bits per heavy atom. The van der Waals surface area contributed by atoms with Gasteiger partial charge in [-0.05, 0) is 77.9 Å². The van der Waals surface area contributed by atoms with Crippen molar-refractivity contribution < 1.29 is 0 Å². The molecule has 0 amide bonds. The van der Waals surface area contributed by atoms with Gasteiger partial charge in [0.1, 0.15) is 9.39 Å². The van der Waals surface area contributed by atoms with Gasteiger partial charge in [-0.3, -0.25) is 4.79 Å². The Labute approximate surface area is 138 Å². The number of halogens is 1. The maximum Gasteiger partial charge on any atom is 0.266 e. The SMILES string of the molecule is CC12CC3CC(C)(C1)CC(Nc1nc[nH]c(=O)c1I)(C3)C2. The molecule has 0 spiro atoms. The van der Waals surface area contributed by atoms with Crippen LogP contribution in [0.15, 0.2) is 11.1 Å². The second-order valence-electron chi connectivity index (χ2n) is 8.43. The van der Waals surface area contributed by atoms with Gasteiger partial charge in [-0.15, -0.1) is 0 Å². The van der Waals surface area contributed by atoms with E-state index in [1.807, 2.05) is 0 Å². The van der Waals surface area contributed by atoms with Gasteiger partial charge in [0.2, 0.25) is 0 Å². The minimum atomic E-state index is -0.0461. The minimum absolute atomic E-state index is 0.0461. The van der Waals surface area contributed by atoms with Crippen molar-refractivity contribution in [3.63, 3.8) is 0 Å². The summed E-state index contributed by atoms with van der Waals surface area (Å²) in [5.41, 5.74) is 1.03. The average molecular weight is 399 g/mol. The van der Waals surface area contributed by atoms with E-state index in [4.69, 9.17) is 0 Å². The zero-order chi connectivity index (χ0) is 14.9. The molecule has 5 rings (SSSR count). The molecule has 4 nitrogen and oxygen atoms in total. The van der Waals surface area contributed by atoms with Crippen LogP contribution in [0.1, 0.15) is 52.4 Å². The largest absolute Gasteiger partial charge is 0.363 e. The lowest BCUT2D eigenvalue weighted by Gasteiger charge is -2.65. The summed E-state index contributed by atoms with van der Waals surface area (Å²) in [6.45, 7) is 4.92. The molecule has 1 heterocycles. The van der Waals surface area contributed by atoms with Gasteiger partial charge >= 0.3 is 0 Å². The monoisotopic (exact) mass is 399 g/mol. The van der Waals surface area contributed by atoms with E-state index in [9.17, 15) is 4.79 Å². The summed E-state index contributed by atoms with van der Waals surface area (Å²) in [7, 11) is 0. The second kappa shape index (κ2) is 4.24. The number of aromatic amines is 1. The highest BCUT2D eigenvalue weighted by Crippen LogP contribution is 2.66. The first-order valence-electron chi connectivity index (χ1n) is 7.82. The molecule has 5 heteroatoms. The normalized spacial score (nSPS) is 44.0. The van der Waals surface area contributed by atoms with Crippen molar-refractivity contribution in [2.45, 2.75) is 57.9 Å². The van der Waals surface area contributed by atoms with Crippen LogP contribution >= 0.6 is 22.6 Å². The van der Waals surface area contributed by atoms with Crippen molar-refractivity contribution in [1.29, 1.82) is 0 Å². The van der Waals surface area contributed by atoms with Crippen molar-refractivity contribution in [3.8, 4) is 0 Å². The van der Waals surface area contributed by atoms with Crippen molar-refractivity contribution in [2.75, 3.05) is 5.32 Å². The predicted molar refractivity (Wildman–Crippen MR) is 91.3 cm³/mol. The smallest absolute Gasteiger partial charge is 0.266 e. The molecule has 4 saturated carbocycles. The second-order valence-corrected chi connectivity index (χ2v) is 9.51. The zero-order valence-corrected chi connectivity index (χ0v) is 14.8. The van der Waals surface area contributed by atoms with Gasteiger partial charge in [-0.25, -0.2) is 4.98 Å². The quantitative estimate of drug-likeness (QED) is 0.749. The fourth-order valence-electron chi connectivity index (χ4n) is 6.31. The van der Waals surface area contributed by atoms with E-state index in [0.717, 1.165) is 11.7 Å². The van der Waals surface area contributed by atoms with E-state index in [1.54, 1.807) is 0 Å². The summed E-state index contributed by atoms with van der Waals surface area (Å²) in [6.07, 6.45) is 9.31. The van der Waals surface area contributed by atoms with E-state index in [2.05, 4.69) is 51.7 Å². The number of aromatic nitrogens is 2. The fourth-order valence-corrected chi connectivity index (χ4v) is 6.74. The van der Waals surface area contributed by atoms with Crippen molar-refractivity contribution in [2.24, 2.45) is 16.7 Å². The first-order valence-corrected chi connectivity index (χ1v) is 8.90. The Kier molecular flexibility index (Phi) is 2.83. The maximum absolute atomic E-state index is 11.8. The number of hydrogen-bond acceptors (Lipinski definition) is 3. The lowest BCUT2D eigenvalue weighted by atomic mass is 9.43. The summed E-state index contributed by atoms with van der Waals surface area (Å²) in [6, 6.07) is 0. The van der Waals surface area contributed by atoms with E-state index in [1.165, 1.54) is 44.9 Å². The molecule has 2 unspecified atom stereocenters. The predicted octanol–water partition coefficient (Wildman–Crippen LogP) is 3.54. The van der Waals surface area contributed by atoms with Crippen LogP contribution in [0, 0.1) is 20.3 Å². The molecular formula is C16H22IN3O. The highest BCUT2D eigenvalue weighted by molar-refractivity contribution is 14.1. The number of H-pyrrole nitrogens is 1. The lowest BCUT2D eigenvalue weighted by molar-refractivity contribution is -0.0974. The molecule has 21 heavy (non-hydrogen) atoms. The first kappa shape index (κ1) is 14.0. The molecule has 4 aliphatic carbocycles. The Balaban J connectivity index is 1.71. The van der Waals surface area contributed by atoms with Crippen molar-refractivity contribution in [3.05, 3.63) is 20.3 Å². The summed E-state index contributed by atoms with van der Waals surface area (Å²) < 4.78 is 0.682. The first-order chi connectivity index (χ1) is 9.81. The van der Waals surface area contributed by atoms with Gasteiger partial charge in [0.25, 0.3) is 5.56 Å². The van der Waals surface area contributed by atoms with Gasteiger partial charge in [0, 0.05) is 5.54 Å². The molecule has 0 aliphatic heterocycles. The Bertz CT molecular complexity index is 637. The van der Waals surface area contributed by atoms with E-state index in [0.29, 0.717) is 14.4 Å². The van der Waals surface area contributed by atoms with Crippen LogP contribution in [-0.4, -0.2) is 15.5 Å². The van der Waals surface area contributed by atoms with Crippen LogP contribution in [0.25, 0.3) is 0 Å².